The number of aliphatic hydroxyl groups excluding tert-OH is 7. The summed E-state index contributed by atoms with van der Waals surface area (Å²) in [7, 11) is 0. The Morgan fingerprint density at radius 3 is 1.53 bits per heavy atom. The third-order valence-electron chi connectivity index (χ3n) is 11.6. The predicted octanol–water partition coefficient (Wildman–Crippen LogP) is 7.37. The summed E-state index contributed by atoms with van der Waals surface area (Å²) in [6.45, 7) is 2.33. The van der Waals surface area contributed by atoms with Crippen LogP contribution in [0.4, 0.5) is 0 Å². The van der Waals surface area contributed by atoms with Crippen LogP contribution in [0.15, 0.2) is 97.2 Å². The van der Waals surface area contributed by atoms with Crippen LogP contribution < -0.4 is 0 Å². The molecule has 2 fully saturated rings. The molecule has 2 heterocycles. The Bertz CT molecular complexity index is 1580. The number of ether oxygens (including phenoxy) is 6. The van der Waals surface area contributed by atoms with E-state index in [9.17, 15) is 45.3 Å². The lowest BCUT2D eigenvalue weighted by atomic mass is 9.98. The first-order valence-electron chi connectivity index (χ1n) is 25.8. The van der Waals surface area contributed by atoms with Crippen molar-refractivity contribution in [3.63, 3.8) is 0 Å². The zero-order chi connectivity index (χ0) is 51.0. The molecule has 0 aromatic rings. The van der Waals surface area contributed by atoms with Gasteiger partial charge in [0.05, 0.1) is 19.8 Å². The number of hydrogen-bond donors (Lipinski definition) is 7. The average molecular weight is 989 g/mol. The molecule has 15 nitrogen and oxygen atoms in total. The van der Waals surface area contributed by atoms with E-state index in [1.807, 2.05) is 12.2 Å². The molecule has 2 saturated heterocycles. The Hall–Kier alpha value is -3.58. The van der Waals surface area contributed by atoms with E-state index >= 15 is 0 Å². The van der Waals surface area contributed by atoms with Crippen LogP contribution in [0.2, 0.25) is 0 Å². The van der Waals surface area contributed by atoms with Crippen LogP contribution in [0.3, 0.4) is 0 Å². The third kappa shape index (κ3) is 28.5. The van der Waals surface area contributed by atoms with Gasteiger partial charge in [-0.15, -0.1) is 0 Å². The SMILES string of the molecule is CC/C=C/C/C=C/C/C=C/C/C=C/C/C=C/C/C=C/CCC(=O)OC[C@@H](CO[C@@H]1O[C@H](CO[C@@H]2O[C@H](CO)[C@H](O)C(O)C2O)[C@H](O)C(O)C1O)OC(=O)CCCCCCC/C=C/C=C/CCCCCC. The number of allylic oxidation sites excluding steroid dienone is 16. The van der Waals surface area contributed by atoms with Gasteiger partial charge in [-0.05, 0) is 77.0 Å². The second-order valence-corrected chi connectivity index (χ2v) is 17.6. The number of hydrogen-bond acceptors (Lipinski definition) is 15. The van der Waals surface area contributed by atoms with Crippen molar-refractivity contribution in [2.24, 2.45) is 0 Å². The van der Waals surface area contributed by atoms with Crippen LogP contribution in [0, 0.1) is 0 Å². The zero-order valence-electron chi connectivity index (χ0n) is 42.0. The summed E-state index contributed by atoms with van der Waals surface area (Å²) in [5.41, 5.74) is 0. The summed E-state index contributed by atoms with van der Waals surface area (Å²) < 4.78 is 33.5. The summed E-state index contributed by atoms with van der Waals surface area (Å²) in [5, 5.41) is 72.1. The van der Waals surface area contributed by atoms with Crippen molar-refractivity contribution < 1.29 is 73.8 Å². The molecule has 11 atom stereocenters. The molecule has 0 spiro atoms. The van der Waals surface area contributed by atoms with Crippen molar-refractivity contribution in [3.05, 3.63) is 97.2 Å². The molecular weight excluding hydrogens is 901 g/mol. The van der Waals surface area contributed by atoms with Crippen LogP contribution in [-0.4, -0.2) is 142 Å². The quantitative estimate of drug-likeness (QED) is 0.0139. The average Bonchev–Trinajstić information content (AvgIpc) is 3.35. The molecule has 0 aliphatic carbocycles. The fraction of sp³-hybridized carbons (Fsp3) is 0.673. The molecule has 70 heavy (non-hydrogen) atoms. The highest BCUT2D eigenvalue weighted by Gasteiger charge is 2.47. The monoisotopic (exact) mass is 989 g/mol. The van der Waals surface area contributed by atoms with Crippen LogP contribution in [-0.2, 0) is 38.0 Å². The topological polar surface area (TPSA) is 231 Å². The van der Waals surface area contributed by atoms with Gasteiger partial charge in [0, 0.05) is 12.8 Å². The Labute approximate surface area is 417 Å². The highest BCUT2D eigenvalue weighted by Crippen LogP contribution is 2.26. The van der Waals surface area contributed by atoms with Gasteiger partial charge in [-0.25, -0.2) is 0 Å². The van der Waals surface area contributed by atoms with Gasteiger partial charge in [0.25, 0.3) is 0 Å². The number of rotatable bonds is 38. The zero-order valence-corrected chi connectivity index (χ0v) is 42.0. The van der Waals surface area contributed by atoms with Gasteiger partial charge in [0.15, 0.2) is 18.7 Å². The fourth-order valence-corrected chi connectivity index (χ4v) is 7.35. The van der Waals surface area contributed by atoms with Crippen molar-refractivity contribution in [2.45, 2.75) is 210 Å². The molecule has 15 heteroatoms. The van der Waals surface area contributed by atoms with Crippen molar-refractivity contribution in [1.82, 2.24) is 0 Å². The molecule has 398 valence electrons. The number of esters is 2. The second kappa shape index (κ2) is 41.0. The van der Waals surface area contributed by atoms with E-state index in [1.165, 1.54) is 25.7 Å². The molecule has 2 rings (SSSR count). The molecule has 0 aromatic carbocycles. The van der Waals surface area contributed by atoms with Crippen molar-refractivity contribution in [1.29, 1.82) is 0 Å². The number of aliphatic hydroxyl groups is 7. The van der Waals surface area contributed by atoms with Crippen LogP contribution in [0.5, 0.6) is 0 Å². The fourth-order valence-electron chi connectivity index (χ4n) is 7.35. The Morgan fingerprint density at radius 1 is 0.486 bits per heavy atom. The van der Waals surface area contributed by atoms with Gasteiger partial charge >= 0.3 is 11.9 Å². The van der Waals surface area contributed by atoms with Gasteiger partial charge in [0.1, 0.15) is 55.4 Å². The van der Waals surface area contributed by atoms with E-state index < -0.39 is 99.3 Å². The molecule has 2 aliphatic heterocycles. The van der Waals surface area contributed by atoms with Crippen molar-refractivity contribution in [2.75, 3.05) is 26.4 Å². The number of carbonyl (C=O) groups excluding carboxylic acids is 2. The molecule has 4 unspecified atom stereocenters. The summed E-state index contributed by atoms with van der Waals surface area (Å²) in [4.78, 5) is 25.7. The summed E-state index contributed by atoms with van der Waals surface area (Å²) in [6.07, 6.45) is 34.4. The highest BCUT2D eigenvalue weighted by atomic mass is 16.7. The van der Waals surface area contributed by atoms with E-state index in [-0.39, 0.29) is 19.4 Å². The van der Waals surface area contributed by atoms with E-state index in [1.54, 1.807) is 0 Å². The van der Waals surface area contributed by atoms with Crippen molar-refractivity contribution in [3.8, 4) is 0 Å². The van der Waals surface area contributed by atoms with E-state index in [4.69, 9.17) is 28.4 Å². The molecular formula is C55H88O15. The Morgan fingerprint density at radius 2 is 0.971 bits per heavy atom. The maximum Gasteiger partial charge on any atom is 0.306 e. The molecule has 0 amide bonds. The standard InChI is InChI=1S/C55H88O15/c1-3-5-7-9-11-13-15-17-19-20-21-22-24-25-27-29-31-33-35-37-46(57)65-40-43(68-47(58)38-36-34-32-30-28-26-23-18-16-14-12-10-8-6-4-2)41-66-54-53(64)51(62)49(60)45(70-54)42-67-55-52(63)50(61)48(59)44(39-56)69-55/h5,7,11,13-14,16-19,21-23,25,27,31,33,43-45,48-56,59-64H,3-4,6,8-10,12,15,20,24,26,28-30,32,34-42H2,1-2H3/b7-5+,13-11+,16-14+,19-17+,22-21+,23-18+,27-25+,33-31+/t43-,44+,45+,48-,49-,50?,51?,52?,53?,54+,55+/m0/s1. The number of carbonyl (C=O) groups is 2. The van der Waals surface area contributed by atoms with Crippen LogP contribution in [0.25, 0.3) is 0 Å². The minimum absolute atomic E-state index is 0.0833. The lowest BCUT2D eigenvalue weighted by Gasteiger charge is -2.42. The molecule has 0 radical (unpaired) electrons. The van der Waals surface area contributed by atoms with Gasteiger partial charge in [0.2, 0.25) is 0 Å². The molecule has 0 aromatic heterocycles. The van der Waals surface area contributed by atoms with E-state index in [0.717, 1.165) is 70.6 Å². The highest BCUT2D eigenvalue weighted by molar-refractivity contribution is 5.70. The van der Waals surface area contributed by atoms with Gasteiger partial charge < -0.3 is 64.2 Å². The maximum atomic E-state index is 13.0. The van der Waals surface area contributed by atoms with E-state index in [0.29, 0.717) is 19.3 Å². The summed E-state index contributed by atoms with van der Waals surface area (Å²) in [6, 6.07) is 0. The van der Waals surface area contributed by atoms with Gasteiger partial charge in [-0.2, -0.15) is 0 Å². The Kier molecular flexibility index (Phi) is 36.6. The first-order valence-corrected chi connectivity index (χ1v) is 25.8. The number of unbranched alkanes of at least 4 members (excludes halogenated alkanes) is 9. The first kappa shape index (κ1) is 62.5. The van der Waals surface area contributed by atoms with Crippen molar-refractivity contribution >= 4 is 11.9 Å². The molecule has 2 aliphatic rings. The minimum atomic E-state index is -1.78. The third-order valence-corrected chi connectivity index (χ3v) is 11.6. The Balaban J connectivity index is 1.85. The molecule has 0 saturated carbocycles. The second-order valence-electron chi connectivity index (χ2n) is 17.6. The van der Waals surface area contributed by atoms with Crippen LogP contribution >= 0.6 is 0 Å². The van der Waals surface area contributed by atoms with Crippen LogP contribution in [0.1, 0.15) is 142 Å². The largest absolute Gasteiger partial charge is 0.462 e. The summed E-state index contributed by atoms with van der Waals surface area (Å²) in [5.74, 6) is -1.05. The molecule has 7 N–H and O–H groups in total. The minimum Gasteiger partial charge on any atom is -0.462 e. The normalized spacial score (nSPS) is 26.2. The first-order chi connectivity index (χ1) is 34.0. The predicted molar refractivity (Wildman–Crippen MR) is 270 cm³/mol. The lowest BCUT2D eigenvalue weighted by molar-refractivity contribution is -0.332. The maximum absolute atomic E-state index is 13.0. The smallest absolute Gasteiger partial charge is 0.306 e. The molecule has 0 bridgehead atoms. The van der Waals surface area contributed by atoms with Gasteiger partial charge in [-0.3, -0.25) is 9.59 Å². The summed E-state index contributed by atoms with van der Waals surface area (Å²) >= 11 is 0. The lowest BCUT2D eigenvalue weighted by Crippen LogP contribution is -2.61. The van der Waals surface area contributed by atoms with Gasteiger partial charge in [-0.1, -0.05) is 150 Å². The van der Waals surface area contributed by atoms with E-state index in [2.05, 4.69) is 98.9 Å².